The lowest BCUT2D eigenvalue weighted by Crippen LogP contribution is -2.04. The van der Waals surface area contributed by atoms with Gasteiger partial charge in [0.25, 0.3) is 0 Å². The van der Waals surface area contributed by atoms with Gasteiger partial charge in [0.15, 0.2) is 0 Å². The third-order valence-corrected chi connectivity index (χ3v) is 0.600. The average Bonchev–Trinajstić information content (AvgIpc) is 1.69. The van der Waals surface area contributed by atoms with E-state index < -0.39 is 0 Å². The molecule has 0 aromatic heterocycles. The molecule has 1 heterocycles. The van der Waals surface area contributed by atoms with Gasteiger partial charge in [0, 0.05) is 0 Å². The summed E-state index contributed by atoms with van der Waals surface area (Å²) in [5, 5.41) is 0. The van der Waals surface area contributed by atoms with Crippen LogP contribution in [0.15, 0.2) is 9.98 Å². The van der Waals surface area contributed by atoms with E-state index in [1.54, 1.807) is 0 Å². The molecule has 0 bridgehead atoms. The predicted molar refractivity (Wildman–Crippen MR) is 26.9 cm³/mol. The van der Waals surface area contributed by atoms with Gasteiger partial charge in [-0.25, -0.2) is 0 Å². The number of aliphatic imine (C=N–C) groups is 2. The molecule has 0 spiro atoms. The number of Topliss-reactive ketones (excluding diaryl/α,β-unsaturated/α-hetero) is 1. The number of ketones is 1. The van der Waals surface area contributed by atoms with Gasteiger partial charge in [-0.2, -0.15) is 0 Å². The fourth-order valence-electron chi connectivity index (χ4n) is 0.342. The smallest absolute Gasteiger partial charge is 0.214 e. The van der Waals surface area contributed by atoms with Crippen molar-refractivity contribution in [2.75, 3.05) is 6.67 Å². The molecule has 0 N–H and O–H groups in total. The maximum Gasteiger partial charge on any atom is 0.214 e. The predicted octanol–water partition coefficient (Wildman–Crippen LogP) is -0.332. The molecular weight excluding hydrogens is 92.1 g/mol. The van der Waals surface area contributed by atoms with Crippen LogP contribution in [0.5, 0.6) is 0 Å². The highest BCUT2D eigenvalue weighted by atomic mass is 16.1. The van der Waals surface area contributed by atoms with Gasteiger partial charge in [0.1, 0.15) is 6.67 Å². The van der Waals surface area contributed by atoms with Crippen LogP contribution in [0.3, 0.4) is 0 Å². The van der Waals surface area contributed by atoms with E-state index in [-0.39, 0.29) is 5.78 Å². The van der Waals surface area contributed by atoms with Crippen LogP contribution in [0.25, 0.3) is 0 Å². The first-order valence-corrected chi connectivity index (χ1v) is 1.93. The molecule has 7 heavy (non-hydrogen) atoms. The summed E-state index contributed by atoms with van der Waals surface area (Å²) in [6.07, 6.45) is 2.54. The molecule has 0 aromatic carbocycles. The molecule has 0 aliphatic carbocycles. The monoisotopic (exact) mass is 96.0 g/mol. The highest BCUT2D eigenvalue weighted by Crippen LogP contribution is 1.76. The second kappa shape index (κ2) is 1.64. The SMILES string of the molecule is O=C1C=NCN=C1. The van der Waals surface area contributed by atoms with Crippen molar-refractivity contribution >= 4 is 18.2 Å². The quantitative estimate of drug-likeness (QED) is 0.407. The van der Waals surface area contributed by atoms with E-state index in [1.807, 2.05) is 0 Å². The zero-order valence-electron chi connectivity index (χ0n) is 3.66. The minimum atomic E-state index is -0.119. The van der Waals surface area contributed by atoms with E-state index in [4.69, 9.17) is 0 Å². The maximum absolute atomic E-state index is 10.2. The molecule has 0 saturated carbocycles. The normalized spacial score (nSPS) is 18.0. The number of rotatable bonds is 0. The second-order valence-corrected chi connectivity index (χ2v) is 1.17. The van der Waals surface area contributed by atoms with Crippen LogP contribution in [0.4, 0.5) is 0 Å². The molecule has 0 radical (unpaired) electrons. The Hall–Kier alpha value is -0.990. The van der Waals surface area contributed by atoms with Crippen molar-refractivity contribution in [1.82, 2.24) is 0 Å². The van der Waals surface area contributed by atoms with Crippen LogP contribution >= 0.6 is 0 Å². The Morgan fingerprint density at radius 1 is 1.43 bits per heavy atom. The van der Waals surface area contributed by atoms with Crippen molar-refractivity contribution < 1.29 is 4.79 Å². The van der Waals surface area contributed by atoms with E-state index in [9.17, 15) is 4.79 Å². The highest BCUT2D eigenvalue weighted by Gasteiger charge is 1.91. The van der Waals surface area contributed by atoms with Crippen LogP contribution in [0, 0.1) is 0 Å². The van der Waals surface area contributed by atoms with Crippen LogP contribution < -0.4 is 0 Å². The van der Waals surface area contributed by atoms with Gasteiger partial charge in [0.05, 0.1) is 12.4 Å². The summed E-state index contributed by atoms with van der Waals surface area (Å²) in [5.41, 5.74) is 0. The highest BCUT2D eigenvalue weighted by molar-refractivity contribution is 6.53. The van der Waals surface area contributed by atoms with E-state index in [2.05, 4.69) is 9.98 Å². The first kappa shape index (κ1) is 4.18. The molecule has 1 aliphatic heterocycles. The Labute approximate surface area is 40.8 Å². The van der Waals surface area contributed by atoms with E-state index in [0.29, 0.717) is 6.67 Å². The summed E-state index contributed by atoms with van der Waals surface area (Å²) < 4.78 is 0. The Morgan fingerprint density at radius 2 is 2.00 bits per heavy atom. The fourth-order valence-corrected chi connectivity index (χ4v) is 0.342. The van der Waals surface area contributed by atoms with Crippen molar-refractivity contribution in [1.29, 1.82) is 0 Å². The number of carbonyl (C=O) groups is 1. The lowest BCUT2D eigenvalue weighted by atomic mass is 10.4. The topological polar surface area (TPSA) is 41.8 Å². The summed E-state index contributed by atoms with van der Waals surface area (Å²) in [5.74, 6) is -0.119. The van der Waals surface area contributed by atoms with Gasteiger partial charge in [0.2, 0.25) is 5.78 Å². The molecule has 0 atom stereocenters. The van der Waals surface area contributed by atoms with Gasteiger partial charge < -0.3 is 0 Å². The van der Waals surface area contributed by atoms with Gasteiger partial charge >= 0.3 is 0 Å². The summed E-state index contributed by atoms with van der Waals surface area (Å²) in [6, 6.07) is 0. The molecule has 1 aliphatic rings. The number of nitrogens with zero attached hydrogens (tertiary/aromatic N) is 2. The van der Waals surface area contributed by atoms with Crippen molar-refractivity contribution in [3.63, 3.8) is 0 Å². The lowest BCUT2D eigenvalue weighted by Gasteiger charge is -1.87. The average molecular weight is 96.1 g/mol. The minimum Gasteiger partial charge on any atom is -0.287 e. The third-order valence-electron chi connectivity index (χ3n) is 0.600. The van der Waals surface area contributed by atoms with Crippen molar-refractivity contribution in [3.05, 3.63) is 0 Å². The second-order valence-electron chi connectivity index (χ2n) is 1.17. The molecular formula is C4H4N2O. The molecule has 0 aromatic rings. The Kier molecular flexibility index (Phi) is 0.978. The van der Waals surface area contributed by atoms with E-state index in [1.165, 1.54) is 12.4 Å². The van der Waals surface area contributed by atoms with Gasteiger partial charge in [-0.1, -0.05) is 0 Å². The first-order chi connectivity index (χ1) is 3.39. The van der Waals surface area contributed by atoms with E-state index >= 15 is 0 Å². The molecule has 1 rings (SSSR count). The number of hydrogen-bond acceptors (Lipinski definition) is 3. The zero-order chi connectivity index (χ0) is 5.11. The van der Waals surface area contributed by atoms with Crippen molar-refractivity contribution in [2.45, 2.75) is 0 Å². The summed E-state index contributed by atoms with van der Waals surface area (Å²) in [7, 11) is 0. The van der Waals surface area contributed by atoms with Crippen LogP contribution in [0.2, 0.25) is 0 Å². The summed E-state index contributed by atoms with van der Waals surface area (Å²) >= 11 is 0. The van der Waals surface area contributed by atoms with E-state index in [0.717, 1.165) is 0 Å². The number of hydrogen-bond donors (Lipinski definition) is 0. The zero-order valence-corrected chi connectivity index (χ0v) is 3.66. The number of carbonyl (C=O) groups excluding carboxylic acids is 1. The fraction of sp³-hybridized carbons (Fsp3) is 0.250. The largest absolute Gasteiger partial charge is 0.287 e. The van der Waals surface area contributed by atoms with Gasteiger partial charge in [-0.05, 0) is 0 Å². The molecule has 36 valence electrons. The molecule has 0 saturated heterocycles. The summed E-state index contributed by atoms with van der Waals surface area (Å²) in [6.45, 7) is 0.408. The van der Waals surface area contributed by atoms with Gasteiger partial charge in [-0.3, -0.25) is 14.8 Å². The Balaban J connectivity index is 2.66. The Morgan fingerprint density at radius 3 is 2.29 bits per heavy atom. The van der Waals surface area contributed by atoms with Gasteiger partial charge in [-0.15, -0.1) is 0 Å². The molecule has 3 nitrogen and oxygen atoms in total. The van der Waals surface area contributed by atoms with Crippen LogP contribution in [0.1, 0.15) is 0 Å². The third kappa shape index (κ3) is 0.924. The van der Waals surface area contributed by atoms with Crippen LogP contribution in [-0.2, 0) is 4.79 Å². The molecule has 3 heteroatoms. The minimum absolute atomic E-state index is 0.119. The summed E-state index contributed by atoms with van der Waals surface area (Å²) in [4.78, 5) is 17.3. The first-order valence-electron chi connectivity index (χ1n) is 1.93. The lowest BCUT2D eigenvalue weighted by molar-refractivity contribution is -0.106. The standard InChI is InChI=1S/C4H4N2O/c7-4-1-5-3-6-2-4/h1-2H,3H2. The molecule has 0 unspecified atom stereocenters. The maximum atomic E-state index is 10.2. The molecule has 0 amide bonds. The molecule has 0 fully saturated rings. The van der Waals surface area contributed by atoms with Crippen LogP contribution in [-0.4, -0.2) is 24.9 Å². The Bertz CT molecular complexity index is 123. The van der Waals surface area contributed by atoms with Crippen molar-refractivity contribution in [3.8, 4) is 0 Å². The van der Waals surface area contributed by atoms with Crippen molar-refractivity contribution in [2.24, 2.45) is 9.98 Å².